The van der Waals surface area contributed by atoms with Gasteiger partial charge in [-0.25, -0.2) is 4.90 Å². The Bertz CT molecular complexity index is 1760. The highest BCUT2D eigenvalue weighted by molar-refractivity contribution is 9.10. The van der Waals surface area contributed by atoms with E-state index in [9.17, 15) is 19.2 Å². The molecule has 2 aliphatic heterocycles. The largest absolute Gasteiger partial charge is 0.378 e. The number of fused-ring (bicyclic) bond motifs is 2. The minimum absolute atomic E-state index is 0.200. The predicted molar refractivity (Wildman–Crippen MR) is 171 cm³/mol. The van der Waals surface area contributed by atoms with E-state index in [1.807, 2.05) is 74.4 Å². The number of hydrogen-bond acceptors (Lipinski definition) is 7. The maximum Gasteiger partial charge on any atom is 0.308 e. The van der Waals surface area contributed by atoms with Crippen LogP contribution in [0.5, 0.6) is 0 Å². The number of rotatable bonds is 6. The van der Waals surface area contributed by atoms with Gasteiger partial charge in [0.05, 0.1) is 16.6 Å². The number of benzene rings is 3. The third-order valence-corrected chi connectivity index (χ3v) is 10.8. The Labute approximate surface area is 259 Å². The van der Waals surface area contributed by atoms with Crippen molar-refractivity contribution in [3.05, 3.63) is 103 Å². The molecule has 1 saturated heterocycles. The molecule has 3 aromatic carbocycles. The van der Waals surface area contributed by atoms with Gasteiger partial charge < -0.3 is 10.2 Å². The van der Waals surface area contributed by atoms with E-state index in [1.165, 1.54) is 21.2 Å². The first-order valence-electron chi connectivity index (χ1n) is 13.3. The van der Waals surface area contributed by atoms with Crippen LogP contribution in [0.3, 0.4) is 0 Å². The van der Waals surface area contributed by atoms with Crippen molar-refractivity contribution in [1.29, 1.82) is 0 Å². The van der Waals surface area contributed by atoms with Gasteiger partial charge in [-0.1, -0.05) is 69.4 Å². The number of carbonyl (C=O) groups is 3. The van der Waals surface area contributed by atoms with Crippen molar-refractivity contribution < 1.29 is 14.4 Å². The Balaban J connectivity index is 1.42. The number of aryl methyl sites for hydroxylation is 1. The Kier molecular flexibility index (Phi) is 7.59. The molecule has 42 heavy (non-hydrogen) atoms. The molecular weight excluding hydrogens is 636 g/mol. The van der Waals surface area contributed by atoms with E-state index < -0.39 is 17.1 Å². The summed E-state index contributed by atoms with van der Waals surface area (Å²) in [4.78, 5) is 58.1. The number of para-hydroxylation sites is 1. The fourth-order valence-electron chi connectivity index (χ4n) is 5.49. The Morgan fingerprint density at radius 2 is 1.64 bits per heavy atom. The molecule has 1 aromatic heterocycles. The minimum atomic E-state index is -0.744. The van der Waals surface area contributed by atoms with Crippen LogP contribution in [0.1, 0.15) is 21.9 Å². The quantitative estimate of drug-likeness (QED) is 0.275. The van der Waals surface area contributed by atoms with Gasteiger partial charge in [0.1, 0.15) is 11.8 Å². The van der Waals surface area contributed by atoms with Crippen molar-refractivity contribution in [3.63, 3.8) is 0 Å². The maximum atomic E-state index is 14.0. The van der Waals surface area contributed by atoms with Crippen LogP contribution in [-0.4, -0.2) is 41.6 Å². The average Bonchev–Trinajstić information content (AvgIpc) is 3.41. The number of nitrogens with zero attached hydrogens (tertiary/aromatic N) is 3. The molecular formula is C31H27BrN4O4S2. The fraction of sp³-hybridized carbons (Fsp3) is 0.226. The molecule has 11 heteroatoms. The smallest absolute Gasteiger partial charge is 0.308 e. The summed E-state index contributed by atoms with van der Waals surface area (Å²) >= 11 is 5.67. The molecule has 0 aliphatic carbocycles. The first-order valence-corrected chi connectivity index (χ1v) is 15.8. The standard InChI is InChI=1S/C31H27BrN4O4S2/c1-17-6-4-5-7-22(17)33-23(37)16-35-30-27(42-31(35)40)24(18-8-12-20(13-9-18)34(2)3)25-26(41-30)29(39)36(28(25)38)21-14-10-19(32)11-15-21/h4-15,24-26H,16H2,1-3H3,(H,33,37)/t24-,25?,26?/m1/s1. The van der Waals surface area contributed by atoms with Gasteiger partial charge in [-0.05, 0) is 60.5 Å². The van der Waals surface area contributed by atoms with E-state index in [0.29, 0.717) is 21.3 Å². The van der Waals surface area contributed by atoms with E-state index in [4.69, 9.17) is 0 Å². The van der Waals surface area contributed by atoms with E-state index in [2.05, 4.69) is 21.2 Å². The predicted octanol–water partition coefficient (Wildman–Crippen LogP) is 5.48. The summed E-state index contributed by atoms with van der Waals surface area (Å²) in [5.41, 5.74) is 3.92. The molecule has 3 atom stereocenters. The van der Waals surface area contributed by atoms with Gasteiger partial charge in [-0.15, -0.1) is 0 Å². The van der Waals surface area contributed by atoms with Crippen LogP contribution in [-0.2, 0) is 20.9 Å². The van der Waals surface area contributed by atoms with E-state index in [1.54, 1.807) is 24.3 Å². The number of aromatic nitrogens is 1. The maximum absolute atomic E-state index is 14.0. The molecule has 6 rings (SSSR count). The van der Waals surface area contributed by atoms with E-state index in [-0.39, 0.29) is 29.1 Å². The summed E-state index contributed by atoms with van der Waals surface area (Å²) in [6.07, 6.45) is 0. The Morgan fingerprint density at radius 3 is 2.31 bits per heavy atom. The summed E-state index contributed by atoms with van der Waals surface area (Å²) in [5, 5.41) is 2.71. The lowest BCUT2D eigenvalue weighted by molar-refractivity contribution is -0.122. The van der Waals surface area contributed by atoms with Crippen molar-refractivity contribution in [2.24, 2.45) is 5.92 Å². The third kappa shape index (κ3) is 4.99. The van der Waals surface area contributed by atoms with Gasteiger partial charge in [-0.3, -0.25) is 23.7 Å². The second-order valence-corrected chi connectivity index (χ2v) is 13.5. The number of amides is 3. The van der Waals surface area contributed by atoms with Gasteiger partial charge in [0, 0.05) is 40.7 Å². The lowest BCUT2D eigenvalue weighted by Gasteiger charge is -2.31. The normalized spacial score (nSPS) is 19.4. The van der Waals surface area contributed by atoms with Crippen LogP contribution < -0.4 is 20.0 Å². The van der Waals surface area contributed by atoms with Crippen molar-refractivity contribution in [3.8, 4) is 0 Å². The molecule has 2 unspecified atom stereocenters. The second kappa shape index (κ2) is 11.2. The summed E-state index contributed by atoms with van der Waals surface area (Å²) in [6.45, 7) is 1.70. The molecule has 1 fully saturated rings. The van der Waals surface area contributed by atoms with Crippen molar-refractivity contribution in [2.45, 2.75) is 29.7 Å². The number of thiazole rings is 1. The summed E-state index contributed by atoms with van der Waals surface area (Å²) in [7, 11) is 3.90. The van der Waals surface area contributed by atoms with Crippen LogP contribution in [0.15, 0.2) is 87.1 Å². The number of nitrogens with one attached hydrogen (secondary N) is 1. The van der Waals surface area contributed by atoms with Crippen LogP contribution in [0.2, 0.25) is 0 Å². The molecule has 1 N–H and O–H groups in total. The van der Waals surface area contributed by atoms with E-state index in [0.717, 1.165) is 32.6 Å². The van der Waals surface area contributed by atoms with Gasteiger partial charge >= 0.3 is 4.87 Å². The van der Waals surface area contributed by atoms with Gasteiger partial charge in [0.15, 0.2) is 0 Å². The molecule has 0 saturated carbocycles. The van der Waals surface area contributed by atoms with Crippen molar-refractivity contribution >= 4 is 73.8 Å². The molecule has 2 aliphatic rings. The number of carbonyl (C=O) groups excluding carboxylic acids is 3. The summed E-state index contributed by atoms with van der Waals surface area (Å²) in [5.74, 6) is -2.18. The van der Waals surface area contributed by atoms with Crippen molar-refractivity contribution in [2.75, 3.05) is 29.2 Å². The third-order valence-electron chi connectivity index (χ3n) is 7.62. The fourth-order valence-corrected chi connectivity index (χ4v) is 8.52. The number of anilines is 3. The van der Waals surface area contributed by atoms with Crippen LogP contribution in [0.25, 0.3) is 0 Å². The van der Waals surface area contributed by atoms with Gasteiger partial charge in [-0.2, -0.15) is 0 Å². The highest BCUT2D eigenvalue weighted by Crippen LogP contribution is 2.54. The zero-order valence-corrected chi connectivity index (χ0v) is 26.3. The van der Waals surface area contributed by atoms with Gasteiger partial charge in [0.2, 0.25) is 17.7 Å². The molecule has 3 heterocycles. The van der Waals surface area contributed by atoms with Crippen LogP contribution in [0, 0.1) is 12.8 Å². The molecule has 0 bridgehead atoms. The number of hydrogen-bond donors (Lipinski definition) is 1. The van der Waals surface area contributed by atoms with Crippen LogP contribution in [0.4, 0.5) is 17.1 Å². The molecule has 4 aromatic rings. The summed E-state index contributed by atoms with van der Waals surface area (Å²) < 4.78 is 2.28. The zero-order chi connectivity index (χ0) is 29.7. The topological polar surface area (TPSA) is 91.7 Å². The zero-order valence-electron chi connectivity index (χ0n) is 23.0. The number of thioether (sulfide) groups is 1. The first-order chi connectivity index (χ1) is 20.1. The lowest BCUT2D eigenvalue weighted by atomic mass is 9.83. The minimum Gasteiger partial charge on any atom is -0.378 e. The van der Waals surface area contributed by atoms with E-state index >= 15 is 0 Å². The highest BCUT2D eigenvalue weighted by Gasteiger charge is 2.56. The molecule has 3 amide bonds. The Morgan fingerprint density at radius 1 is 0.952 bits per heavy atom. The Hall–Kier alpha value is -3.67. The van der Waals surface area contributed by atoms with Crippen molar-refractivity contribution in [1.82, 2.24) is 4.57 Å². The molecule has 0 radical (unpaired) electrons. The number of imide groups is 1. The monoisotopic (exact) mass is 662 g/mol. The molecule has 0 spiro atoms. The highest BCUT2D eigenvalue weighted by atomic mass is 79.9. The first kappa shape index (κ1) is 28.4. The van der Waals surface area contributed by atoms with Gasteiger partial charge in [0.25, 0.3) is 0 Å². The molecule has 214 valence electrons. The SMILES string of the molecule is Cc1ccccc1NC(=O)Cn1c2c(sc1=O)[C@H](c1ccc(N(C)C)cc1)C1C(=O)N(c3ccc(Br)cc3)C(=O)C1S2. The second-order valence-electron chi connectivity index (χ2n) is 10.5. The van der Waals surface area contributed by atoms with Crippen LogP contribution >= 0.6 is 39.0 Å². The summed E-state index contributed by atoms with van der Waals surface area (Å²) in [6, 6.07) is 22.4. The number of halogens is 1. The average molecular weight is 664 g/mol. The lowest BCUT2D eigenvalue weighted by Crippen LogP contribution is -2.33. The molecule has 8 nitrogen and oxygen atoms in total.